The summed E-state index contributed by atoms with van der Waals surface area (Å²) in [7, 11) is 1.94. The van der Waals surface area contributed by atoms with E-state index < -0.39 is 58.3 Å². The highest BCUT2D eigenvalue weighted by Crippen LogP contribution is 2.50. The predicted octanol–water partition coefficient (Wildman–Crippen LogP) is -0.0448. The number of carbonyl (C=O) groups excluding carboxylic acids is 5. The Morgan fingerprint density at radius 2 is 1.89 bits per heavy atom. The Morgan fingerprint density at radius 1 is 1.14 bits per heavy atom. The summed E-state index contributed by atoms with van der Waals surface area (Å²) in [5.41, 5.74) is 5.05. The summed E-state index contributed by atoms with van der Waals surface area (Å²) in [6.45, 7) is 0.995. The number of rotatable bonds is 5. The van der Waals surface area contributed by atoms with Gasteiger partial charge in [0.1, 0.15) is 5.75 Å². The molecule has 5 N–H and O–H groups in total. The lowest BCUT2D eigenvalue weighted by atomic mass is 9.53. The number of Topliss-reactive ketones (excluding diaryl/α,β-unsaturated/α-hetero) is 4. The van der Waals surface area contributed by atoms with Crippen molar-refractivity contribution < 1.29 is 34.2 Å². The summed E-state index contributed by atoms with van der Waals surface area (Å²) >= 11 is 0. The van der Waals surface area contributed by atoms with Crippen LogP contribution in [-0.4, -0.2) is 49.4 Å². The van der Waals surface area contributed by atoms with Crippen LogP contribution in [0.3, 0.4) is 0 Å². The molecule has 5 rings (SSSR count). The molecule has 2 aromatic rings. The van der Waals surface area contributed by atoms with Crippen molar-refractivity contribution in [3.05, 3.63) is 52.8 Å². The number of aromatic hydroxyl groups is 1. The monoisotopic (exact) mass is 493 g/mol. The van der Waals surface area contributed by atoms with Gasteiger partial charge >= 0.3 is 0 Å². The zero-order valence-electron chi connectivity index (χ0n) is 19.7. The quantitative estimate of drug-likeness (QED) is 0.421. The van der Waals surface area contributed by atoms with Crippen molar-refractivity contribution in [3.8, 4) is 5.75 Å². The van der Waals surface area contributed by atoms with Gasteiger partial charge in [-0.1, -0.05) is 6.07 Å². The van der Waals surface area contributed by atoms with Crippen LogP contribution in [0.5, 0.6) is 5.75 Å². The number of primary amides is 1. The molecule has 2 fully saturated rings. The summed E-state index contributed by atoms with van der Waals surface area (Å²) < 4.78 is 1.98. The largest absolute Gasteiger partial charge is 0.507 e. The maximum Gasteiger partial charge on any atom is 0.235 e. The lowest BCUT2D eigenvalue weighted by Crippen LogP contribution is -2.68. The van der Waals surface area contributed by atoms with Gasteiger partial charge < -0.3 is 25.8 Å². The van der Waals surface area contributed by atoms with Gasteiger partial charge in [0, 0.05) is 44.4 Å². The molecule has 3 aliphatic carbocycles. The minimum Gasteiger partial charge on any atom is -0.507 e. The van der Waals surface area contributed by atoms with Gasteiger partial charge in [-0.25, -0.2) is 0 Å². The molecule has 1 aromatic carbocycles. The second kappa shape index (κ2) is 8.49. The van der Waals surface area contributed by atoms with E-state index in [0.29, 0.717) is 18.7 Å². The second-order valence-corrected chi connectivity index (χ2v) is 10.1. The van der Waals surface area contributed by atoms with Crippen molar-refractivity contribution in [1.82, 2.24) is 9.88 Å². The first-order chi connectivity index (χ1) is 17.1. The molecule has 0 spiro atoms. The second-order valence-electron chi connectivity index (χ2n) is 10.1. The highest BCUT2D eigenvalue weighted by Gasteiger charge is 2.66. The molecule has 0 bridgehead atoms. The number of amides is 1. The SMILES string of the molecule is Cn1cccc1CNCc1ccc(O)c2c1C[C@H]1C[C@H]3CC(=O)C(C(N)=O)C(=O)[C@@]3(O)C(=O)C1C2=O. The minimum atomic E-state index is -2.63. The Bertz CT molecular complexity index is 1330. The van der Waals surface area contributed by atoms with E-state index in [4.69, 9.17) is 5.73 Å². The van der Waals surface area contributed by atoms with Crippen molar-refractivity contribution >= 4 is 29.0 Å². The molecule has 2 saturated carbocycles. The zero-order valence-corrected chi connectivity index (χ0v) is 19.7. The van der Waals surface area contributed by atoms with Crippen molar-refractivity contribution in [2.45, 2.75) is 38.0 Å². The number of aliphatic hydroxyl groups is 1. The van der Waals surface area contributed by atoms with Crippen LogP contribution in [-0.2, 0) is 45.7 Å². The third-order valence-electron chi connectivity index (χ3n) is 8.06. The van der Waals surface area contributed by atoms with Gasteiger partial charge in [-0.05, 0) is 48.1 Å². The Hall–Kier alpha value is -3.63. The summed E-state index contributed by atoms with van der Waals surface area (Å²) in [5, 5.41) is 25.1. The topological polar surface area (TPSA) is 169 Å². The van der Waals surface area contributed by atoms with E-state index in [1.165, 1.54) is 6.07 Å². The van der Waals surface area contributed by atoms with Crippen LogP contribution in [0.1, 0.15) is 40.0 Å². The number of aryl methyl sites for hydroxylation is 1. The molecule has 5 atom stereocenters. The first-order valence-electron chi connectivity index (χ1n) is 11.9. The standard InChI is InChI=1S/C26H27N3O7/c1-29-6-2-3-15(29)11-28-10-12-4-5-17(30)20-16(12)8-13-7-14-9-18(31)21(25(27)35)24(34)26(14,36)23(33)19(13)22(20)32/h2-6,13-14,19,21,28,30,36H,7-11H2,1H3,(H2,27,35)/t13-,14+,19?,21?,26+/m1/s1. The summed E-state index contributed by atoms with van der Waals surface area (Å²) in [6.07, 6.45) is 1.93. The van der Waals surface area contributed by atoms with Gasteiger partial charge in [-0.3, -0.25) is 24.0 Å². The maximum atomic E-state index is 13.6. The smallest absolute Gasteiger partial charge is 0.235 e. The molecule has 1 amide bonds. The molecule has 10 heteroatoms. The molecule has 2 unspecified atom stereocenters. The average molecular weight is 494 g/mol. The molecule has 10 nitrogen and oxygen atoms in total. The van der Waals surface area contributed by atoms with Gasteiger partial charge in [0.05, 0.1) is 11.5 Å². The van der Waals surface area contributed by atoms with E-state index in [1.54, 1.807) is 6.07 Å². The fourth-order valence-electron chi connectivity index (χ4n) is 6.20. The third kappa shape index (κ3) is 3.43. The van der Waals surface area contributed by atoms with Crippen LogP contribution in [0.25, 0.3) is 0 Å². The van der Waals surface area contributed by atoms with Crippen LogP contribution in [0.2, 0.25) is 0 Å². The Balaban J connectivity index is 1.47. The fraction of sp³-hybridized carbons (Fsp3) is 0.423. The van der Waals surface area contributed by atoms with Crippen molar-refractivity contribution in [1.29, 1.82) is 0 Å². The molecule has 1 aromatic heterocycles. The van der Waals surface area contributed by atoms with Crippen molar-refractivity contribution in [2.75, 3.05) is 0 Å². The highest BCUT2D eigenvalue weighted by atomic mass is 16.3. The number of nitrogens with one attached hydrogen (secondary N) is 1. The molecule has 0 radical (unpaired) electrons. The van der Waals surface area contributed by atoms with Crippen molar-refractivity contribution in [3.63, 3.8) is 0 Å². The average Bonchev–Trinajstić information content (AvgIpc) is 3.22. The van der Waals surface area contributed by atoms with E-state index in [9.17, 15) is 34.2 Å². The number of ketones is 4. The Labute approximate surface area is 206 Å². The van der Waals surface area contributed by atoms with Gasteiger partial charge in [0.2, 0.25) is 5.91 Å². The normalized spacial score (nSPS) is 29.5. The minimum absolute atomic E-state index is 0.00982. The first-order valence-corrected chi connectivity index (χ1v) is 11.9. The molecule has 188 valence electrons. The molecule has 3 aliphatic rings. The molecule has 1 heterocycles. The number of aromatic nitrogens is 1. The lowest BCUT2D eigenvalue weighted by molar-refractivity contribution is -0.175. The molecular weight excluding hydrogens is 466 g/mol. The van der Waals surface area contributed by atoms with E-state index in [0.717, 1.165) is 11.3 Å². The van der Waals surface area contributed by atoms with Gasteiger partial charge in [-0.2, -0.15) is 0 Å². The molecule has 36 heavy (non-hydrogen) atoms. The van der Waals surface area contributed by atoms with Crippen LogP contribution in [0.15, 0.2) is 30.5 Å². The van der Waals surface area contributed by atoms with E-state index in [1.807, 2.05) is 29.9 Å². The number of fused-ring (bicyclic) bond motifs is 3. The molecule has 0 aliphatic heterocycles. The summed E-state index contributed by atoms with van der Waals surface area (Å²) in [6, 6.07) is 7.05. The number of carbonyl (C=O) groups is 5. The summed E-state index contributed by atoms with van der Waals surface area (Å²) in [4.78, 5) is 64.2. The van der Waals surface area contributed by atoms with Crippen LogP contribution >= 0.6 is 0 Å². The highest BCUT2D eigenvalue weighted by molar-refractivity contribution is 6.31. The number of nitrogens with zero attached hydrogens (tertiary/aromatic N) is 1. The van der Waals surface area contributed by atoms with E-state index in [-0.39, 0.29) is 30.6 Å². The number of phenols is 1. The van der Waals surface area contributed by atoms with Crippen LogP contribution in [0, 0.1) is 23.7 Å². The van der Waals surface area contributed by atoms with Crippen molar-refractivity contribution in [2.24, 2.45) is 36.5 Å². The first kappa shape index (κ1) is 24.1. The van der Waals surface area contributed by atoms with Gasteiger partial charge in [-0.15, -0.1) is 0 Å². The predicted molar refractivity (Wildman–Crippen MR) is 124 cm³/mol. The number of hydrogen-bond donors (Lipinski definition) is 4. The fourth-order valence-corrected chi connectivity index (χ4v) is 6.20. The Morgan fingerprint density at radius 3 is 2.56 bits per heavy atom. The maximum absolute atomic E-state index is 13.6. The Kier molecular flexibility index (Phi) is 5.68. The van der Waals surface area contributed by atoms with Crippen LogP contribution in [0.4, 0.5) is 0 Å². The number of nitrogens with two attached hydrogens (primary N) is 1. The van der Waals surface area contributed by atoms with E-state index in [2.05, 4.69) is 5.32 Å². The number of benzene rings is 1. The van der Waals surface area contributed by atoms with E-state index >= 15 is 0 Å². The zero-order chi connectivity index (χ0) is 25.9. The number of phenolic OH excluding ortho intramolecular Hbond substituents is 1. The molecule has 0 saturated heterocycles. The van der Waals surface area contributed by atoms with Gasteiger partial charge in [0.25, 0.3) is 0 Å². The number of hydrogen-bond acceptors (Lipinski definition) is 8. The van der Waals surface area contributed by atoms with Crippen LogP contribution < -0.4 is 11.1 Å². The van der Waals surface area contributed by atoms with Gasteiger partial charge in [0.15, 0.2) is 34.7 Å². The summed E-state index contributed by atoms with van der Waals surface area (Å²) in [5.74, 6) is -10.0. The lowest BCUT2D eigenvalue weighted by Gasteiger charge is -2.48. The molecular formula is C26H27N3O7. The third-order valence-corrected chi connectivity index (χ3v) is 8.06.